The van der Waals surface area contributed by atoms with Gasteiger partial charge in [0.2, 0.25) is 20.0 Å². The average Bonchev–Trinajstić information content (AvgIpc) is 3.23. The van der Waals surface area contributed by atoms with E-state index in [1.54, 1.807) is 12.1 Å². The minimum Gasteiger partial charge on any atom is -0.497 e. The van der Waals surface area contributed by atoms with E-state index in [0.717, 1.165) is 0 Å². The molecule has 2 aromatic carbocycles. The van der Waals surface area contributed by atoms with Gasteiger partial charge in [0.25, 0.3) is 0 Å². The second kappa shape index (κ2) is 8.80. The largest absolute Gasteiger partial charge is 0.497 e. The lowest BCUT2D eigenvalue weighted by molar-refractivity contribution is -0.0806. The number of hydrogen-bond acceptors (Lipinski definition) is 7. The molecule has 2 saturated heterocycles. The first-order chi connectivity index (χ1) is 15.6. The average molecular weight is 495 g/mol. The van der Waals surface area contributed by atoms with Gasteiger partial charge in [0.05, 0.1) is 23.5 Å². The van der Waals surface area contributed by atoms with Crippen LogP contribution in [0, 0.1) is 0 Å². The van der Waals surface area contributed by atoms with Crippen molar-refractivity contribution in [3.63, 3.8) is 0 Å². The summed E-state index contributed by atoms with van der Waals surface area (Å²) < 4.78 is 66.6. The molecule has 1 spiro atoms. The van der Waals surface area contributed by atoms with Crippen molar-refractivity contribution in [2.75, 3.05) is 33.4 Å². The first-order valence-electron chi connectivity index (χ1n) is 10.5. The summed E-state index contributed by atoms with van der Waals surface area (Å²) in [5, 5.41) is 0. The number of ether oxygens (including phenoxy) is 2. The number of carbonyl (C=O) groups is 1. The molecule has 9 nitrogen and oxygen atoms in total. The van der Waals surface area contributed by atoms with Crippen LogP contribution < -0.4 is 4.74 Å². The van der Waals surface area contributed by atoms with E-state index in [2.05, 4.69) is 0 Å². The van der Waals surface area contributed by atoms with Gasteiger partial charge in [0, 0.05) is 38.0 Å². The summed E-state index contributed by atoms with van der Waals surface area (Å²) in [6.45, 7) is 2.10. The van der Waals surface area contributed by atoms with Crippen molar-refractivity contribution in [2.45, 2.75) is 35.3 Å². The number of sulfonamides is 2. The number of Topliss-reactive ketones (excluding diaryl/α,β-unsaturated/α-hetero) is 1. The van der Waals surface area contributed by atoms with Crippen LogP contribution in [0.25, 0.3) is 0 Å². The van der Waals surface area contributed by atoms with Crippen LogP contribution in [0.2, 0.25) is 0 Å². The van der Waals surface area contributed by atoms with Gasteiger partial charge in [0.15, 0.2) is 5.78 Å². The number of rotatable bonds is 6. The highest BCUT2D eigenvalue weighted by Crippen LogP contribution is 2.39. The Morgan fingerprint density at radius 1 is 0.879 bits per heavy atom. The highest BCUT2D eigenvalue weighted by Gasteiger charge is 2.51. The summed E-state index contributed by atoms with van der Waals surface area (Å²) in [5.74, 6) is 0.409. The summed E-state index contributed by atoms with van der Waals surface area (Å²) in [5.41, 5.74) is -0.645. The molecule has 0 N–H and O–H groups in total. The Morgan fingerprint density at radius 3 is 1.97 bits per heavy atom. The van der Waals surface area contributed by atoms with Crippen molar-refractivity contribution in [1.82, 2.24) is 8.61 Å². The quantitative estimate of drug-likeness (QED) is 0.566. The molecule has 2 fully saturated rings. The number of methoxy groups -OCH3 is 1. The van der Waals surface area contributed by atoms with Gasteiger partial charge in [-0.05, 0) is 43.3 Å². The van der Waals surface area contributed by atoms with Gasteiger partial charge < -0.3 is 9.47 Å². The molecule has 33 heavy (non-hydrogen) atoms. The molecule has 0 aromatic heterocycles. The third kappa shape index (κ3) is 4.31. The second-order valence-electron chi connectivity index (χ2n) is 8.03. The summed E-state index contributed by atoms with van der Waals surface area (Å²) >= 11 is 0. The Balaban J connectivity index is 1.53. The third-order valence-corrected chi connectivity index (χ3v) is 10.0. The molecule has 0 amide bonds. The highest BCUT2D eigenvalue weighted by atomic mass is 32.2. The Labute approximate surface area is 194 Å². The maximum absolute atomic E-state index is 13.3. The first-order valence-corrected chi connectivity index (χ1v) is 13.4. The van der Waals surface area contributed by atoms with Crippen molar-refractivity contribution in [1.29, 1.82) is 0 Å². The number of carbonyl (C=O) groups excluding carboxylic acids is 1. The lowest BCUT2D eigenvalue weighted by atomic mass is 10.0. The topological polar surface area (TPSA) is 110 Å². The molecule has 2 aromatic rings. The van der Waals surface area contributed by atoms with Gasteiger partial charge in [0.1, 0.15) is 11.5 Å². The zero-order valence-corrected chi connectivity index (χ0v) is 20.1. The molecule has 2 heterocycles. The number of hydrogen-bond donors (Lipinski definition) is 0. The molecule has 4 rings (SSSR count). The summed E-state index contributed by atoms with van der Waals surface area (Å²) in [4.78, 5) is 11.7. The molecule has 0 saturated carbocycles. The number of nitrogens with zero attached hydrogens (tertiary/aromatic N) is 2. The van der Waals surface area contributed by atoms with E-state index < -0.39 is 25.8 Å². The van der Waals surface area contributed by atoms with Crippen molar-refractivity contribution in [3.05, 3.63) is 54.1 Å². The van der Waals surface area contributed by atoms with Gasteiger partial charge in [-0.1, -0.05) is 12.1 Å². The minimum atomic E-state index is -3.84. The molecule has 0 radical (unpaired) electrons. The number of piperidine rings is 1. The standard InChI is InChI=1S/C22H26N2O7S2/c1-17(25)18-3-7-20(8-4-18)32(26,27)23-13-11-22(12-14-23)24(15-16-31-22)33(28,29)21-9-5-19(30-2)6-10-21/h3-10H,11-16H2,1-2H3. The van der Waals surface area contributed by atoms with Gasteiger partial charge in [-0.2, -0.15) is 8.61 Å². The van der Waals surface area contributed by atoms with Crippen molar-refractivity contribution in [2.24, 2.45) is 0 Å². The Hall–Kier alpha value is -2.31. The number of ketones is 1. The number of benzene rings is 2. The van der Waals surface area contributed by atoms with E-state index in [-0.39, 0.29) is 54.7 Å². The monoisotopic (exact) mass is 494 g/mol. The van der Waals surface area contributed by atoms with Crippen molar-refractivity contribution >= 4 is 25.8 Å². The molecule has 0 aliphatic carbocycles. The van der Waals surface area contributed by atoms with Crippen LogP contribution in [0.3, 0.4) is 0 Å². The zero-order valence-electron chi connectivity index (χ0n) is 18.4. The van der Waals surface area contributed by atoms with Gasteiger partial charge in [-0.3, -0.25) is 4.79 Å². The van der Waals surface area contributed by atoms with Crippen molar-refractivity contribution in [3.8, 4) is 5.75 Å². The normalized spacial score (nSPS) is 19.6. The summed E-state index contributed by atoms with van der Waals surface area (Å²) in [6, 6.07) is 12.0. The molecular weight excluding hydrogens is 468 g/mol. The molecule has 0 bridgehead atoms. The molecule has 0 unspecified atom stereocenters. The Bertz CT molecular complexity index is 1230. The van der Waals surface area contributed by atoms with E-state index >= 15 is 0 Å². The van der Waals surface area contributed by atoms with E-state index in [4.69, 9.17) is 9.47 Å². The molecule has 2 aliphatic heterocycles. The van der Waals surface area contributed by atoms with Crippen LogP contribution in [0.15, 0.2) is 58.3 Å². The fourth-order valence-electron chi connectivity index (χ4n) is 4.29. The van der Waals surface area contributed by atoms with Crippen molar-refractivity contribution < 1.29 is 31.1 Å². The molecule has 0 atom stereocenters. The summed E-state index contributed by atoms with van der Waals surface area (Å²) in [7, 11) is -6.11. The fourth-order valence-corrected chi connectivity index (χ4v) is 7.45. The smallest absolute Gasteiger partial charge is 0.245 e. The fraction of sp³-hybridized carbons (Fsp3) is 0.409. The highest BCUT2D eigenvalue weighted by molar-refractivity contribution is 7.89. The third-order valence-electron chi connectivity index (χ3n) is 6.17. The maximum atomic E-state index is 13.3. The predicted octanol–water partition coefficient (Wildman–Crippen LogP) is 2.10. The Morgan fingerprint density at radius 2 is 1.42 bits per heavy atom. The lowest BCUT2D eigenvalue weighted by Gasteiger charge is -2.42. The van der Waals surface area contributed by atoms with Gasteiger partial charge >= 0.3 is 0 Å². The van der Waals surface area contributed by atoms with Crippen LogP contribution in [0.5, 0.6) is 5.75 Å². The van der Waals surface area contributed by atoms with E-state index in [0.29, 0.717) is 11.3 Å². The molecule has 178 valence electrons. The van der Waals surface area contributed by atoms with Crippen LogP contribution in [0.1, 0.15) is 30.1 Å². The molecule has 2 aliphatic rings. The minimum absolute atomic E-state index is 0.0958. The van der Waals surface area contributed by atoms with Crippen LogP contribution in [0.4, 0.5) is 0 Å². The molecular formula is C22H26N2O7S2. The van der Waals surface area contributed by atoms with Crippen LogP contribution in [-0.2, 0) is 24.8 Å². The first kappa shape index (κ1) is 23.8. The van der Waals surface area contributed by atoms with E-state index in [1.807, 2.05) is 0 Å². The van der Waals surface area contributed by atoms with E-state index in [1.165, 1.54) is 59.0 Å². The predicted molar refractivity (Wildman–Crippen MR) is 120 cm³/mol. The van der Waals surface area contributed by atoms with Crippen LogP contribution in [-0.4, -0.2) is 70.3 Å². The van der Waals surface area contributed by atoms with E-state index in [9.17, 15) is 21.6 Å². The molecule has 11 heteroatoms. The zero-order chi connectivity index (χ0) is 23.9. The summed E-state index contributed by atoms with van der Waals surface area (Å²) in [6.07, 6.45) is 0.431. The lowest BCUT2D eigenvalue weighted by Crippen LogP contribution is -2.55. The SMILES string of the molecule is COc1ccc(S(=O)(=O)N2CCOC23CCN(S(=O)(=O)c2ccc(C(C)=O)cc2)CC3)cc1. The second-order valence-corrected chi connectivity index (χ2v) is 11.8. The Kier molecular flexibility index (Phi) is 6.36. The van der Waals surface area contributed by atoms with Gasteiger partial charge in [-0.25, -0.2) is 16.8 Å². The van der Waals surface area contributed by atoms with Gasteiger partial charge in [-0.15, -0.1) is 0 Å². The maximum Gasteiger partial charge on any atom is 0.245 e. The van der Waals surface area contributed by atoms with Crippen LogP contribution >= 0.6 is 0 Å².